The van der Waals surface area contributed by atoms with Crippen molar-refractivity contribution in [2.75, 3.05) is 19.6 Å². The van der Waals surface area contributed by atoms with Crippen LogP contribution < -0.4 is 0 Å². The van der Waals surface area contributed by atoms with Gasteiger partial charge in [-0.25, -0.2) is 0 Å². The molecule has 0 aromatic heterocycles. The Hall–Kier alpha value is -2.42. The molecule has 2 aromatic carbocycles. The van der Waals surface area contributed by atoms with E-state index >= 15 is 0 Å². The Bertz CT molecular complexity index is 787. The van der Waals surface area contributed by atoms with E-state index in [1.807, 2.05) is 13.0 Å². The molecule has 2 nitrogen and oxygen atoms in total. The lowest BCUT2D eigenvalue weighted by Crippen LogP contribution is -2.31. The van der Waals surface area contributed by atoms with Crippen LogP contribution in [0, 0.1) is 6.92 Å². The molecule has 1 fully saturated rings. The fraction of sp³-hybridized carbons (Fsp3) is 0.280. The minimum Gasteiger partial charge on any atom is -0.279 e. The molecule has 0 spiro atoms. The highest BCUT2D eigenvalue weighted by atomic mass is 15.4. The molecule has 1 aliphatic rings. The third kappa shape index (κ3) is 5.06. The SMILES string of the molecule is C=C/C(=C\C=C/C)CN1CCN(Cc2ccccc2)C1c1ccc(C)cc1. The van der Waals surface area contributed by atoms with E-state index in [0.29, 0.717) is 6.17 Å². The van der Waals surface area contributed by atoms with Crippen LogP contribution in [0.25, 0.3) is 0 Å². The summed E-state index contributed by atoms with van der Waals surface area (Å²) in [4.78, 5) is 5.14. The average molecular weight is 359 g/mol. The van der Waals surface area contributed by atoms with Gasteiger partial charge in [0.15, 0.2) is 0 Å². The number of nitrogens with zero attached hydrogens (tertiary/aromatic N) is 2. The molecule has 1 aliphatic heterocycles. The third-order valence-electron chi connectivity index (χ3n) is 5.12. The second-order valence-corrected chi connectivity index (χ2v) is 7.18. The minimum absolute atomic E-state index is 0.291. The van der Waals surface area contributed by atoms with Gasteiger partial charge in [-0.05, 0) is 30.5 Å². The molecule has 1 saturated heterocycles. The van der Waals surface area contributed by atoms with E-state index in [1.165, 1.54) is 22.3 Å². The molecule has 0 N–H and O–H groups in total. The lowest BCUT2D eigenvalue weighted by Gasteiger charge is -2.31. The number of hydrogen-bond donors (Lipinski definition) is 0. The Morgan fingerprint density at radius 1 is 1.04 bits per heavy atom. The summed E-state index contributed by atoms with van der Waals surface area (Å²) in [5.41, 5.74) is 5.29. The summed E-state index contributed by atoms with van der Waals surface area (Å²) in [6.45, 7) is 12.2. The molecule has 1 heterocycles. The van der Waals surface area contributed by atoms with Crippen molar-refractivity contribution >= 4 is 0 Å². The molecule has 0 aliphatic carbocycles. The smallest absolute Gasteiger partial charge is 0.0892 e. The van der Waals surface area contributed by atoms with E-state index in [0.717, 1.165) is 26.2 Å². The van der Waals surface area contributed by atoms with E-state index < -0.39 is 0 Å². The molecule has 0 saturated carbocycles. The van der Waals surface area contributed by atoms with E-state index in [1.54, 1.807) is 0 Å². The molecule has 3 rings (SSSR count). The summed E-state index contributed by atoms with van der Waals surface area (Å²) in [6, 6.07) is 19.8. The van der Waals surface area contributed by atoms with E-state index in [4.69, 9.17) is 0 Å². The molecule has 140 valence electrons. The maximum Gasteiger partial charge on any atom is 0.0892 e. The normalized spacial score (nSPS) is 19.0. The molecule has 0 radical (unpaired) electrons. The summed E-state index contributed by atoms with van der Waals surface area (Å²) in [5, 5.41) is 0. The van der Waals surface area contributed by atoms with Crippen molar-refractivity contribution in [1.82, 2.24) is 9.80 Å². The molecular formula is C25H30N2. The number of hydrogen-bond acceptors (Lipinski definition) is 2. The first-order chi connectivity index (χ1) is 13.2. The lowest BCUT2D eigenvalue weighted by atomic mass is 10.1. The molecule has 1 atom stereocenters. The van der Waals surface area contributed by atoms with Gasteiger partial charge in [-0.15, -0.1) is 0 Å². The average Bonchev–Trinajstić information content (AvgIpc) is 3.08. The number of benzene rings is 2. The summed E-state index contributed by atoms with van der Waals surface area (Å²) in [6.07, 6.45) is 8.59. The van der Waals surface area contributed by atoms with Crippen LogP contribution in [0.3, 0.4) is 0 Å². The second-order valence-electron chi connectivity index (χ2n) is 7.18. The van der Waals surface area contributed by atoms with Crippen LogP contribution >= 0.6 is 0 Å². The van der Waals surface area contributed by atoms with Crippen molar-refractivity contribution in [2.24, 2.45) is 0 Å². The van der Waals surface area contributed by atoms with E-state index in [-0.39, 0.29) is 0 Å². The molecule has 0 bridgehead atoms. The fourth-order valence-electron chi connectivity index (χ4n) is 3.68. The van der Waals surface area contributed by atoms with E-state index in [2.05, 4.69) is 96.1 Å². The predicted molar refractivity (Wildman–Crippen MR) is 115 cm³/mol. The highest BCUT2D eigenvalue weighted by Gasteiger charge is 2.33. The Morgan fingerprint density at radius 2 is 1.74 bits per heavy atom. The molecule has 1 unspecified atom stereocenters. The first kappa shape index (κ1) is 19.3. The van der Waals surface area contributed by atoms with Crippen molar-refractivity contribution in [3.8, 4) is 0 Å². The highest BCUT2D eigenvalue weighted by molar-refractivity contribution is 5.28. The Labute approximate surface area is 164 Å². The second kappa shape index (κ2) is 9.50. The van der Waals surface area contributed by atoms with Crippen LogP contribution in [0.2, 0.25) is 0 Å². The van der Waals surface area contributed by atoms with Gasteiger partial charge < -0.3 is 0 Å². The van der Waals surface area contributed by atoms with Crippen LogP contribution in [0.15, 0.2) is 91.1 Å². The van der Waals surface area contributed by atoms with Crippen LogP contribution in [-0.4, -0.2) is 29.4 Å². The van der Waals surface area contributed by atoms with Gasteiger partial charge in [-0.3, -0.25) is 9.80 Å². The van der Waals surface area contributed by atoms with Gasteiger partial charge in [0, 0.05) is 26.2 Å². The van der Waals surface area contributed by atoms with Gasteiger partial charge >= 0.3 is 0 Å². The van der Waals surface area contributed by atoms with Gasteiger partial charge in [-0.2, -0.15) is 0 Å². The van der Waals surface area contributed by atoms with Crippen LogP contribution in [0.1, 0.15) is 29.8 Å². The zero-order chi connectivity index (χ0) is 19.1. The summed E-state index contributed by atoms with van der Waals surface area (Å²) in [5.74, 6) is 0. The maximum absolute atomic E-state index is 4.01. The van der Waals surface area contributed by atoms with Crippen molar-refractivity contribution in [2.45, 2.75) is 26.6 Å². The molecular weight excluding hydrogens is 328 g/mol. The van der Waals surface area contributed by atoms with Gasteiger partial charge in [-0.1, -0.05) is 91.0 Å². The molecule has 2 aromatic rings. The van der Waals surface area contributed by atoms with Gasteiger partial charge in [0.25, 0.3) is 0 Å². The Morgan fingerprint density at radius 3 is 2.41 bits per heavy atom. The fourth-order valence-corrected chi connectivity index (χ4v) is 3.68. The van der Waals surface area contributed by atoms with Crippen LogP contribution in [0.5, 0.6) is 0 Å². The van der Waals surface area contributed by atoms with E-state index in [9.17, 15) is 0 Å². The number of rotatable bonds is 7. The zero-order valence-corrected chi connectivity index (χ0v) is 16.5. The van der Waals surface area contributed by atoms with Gasteiger partial charge in [0.1, 0.15) is 0 Å². The van der Waals surface area contributed by atoms with Crippen molar-refractivity contribution in [1.29, 1.82) is 0 Å². The first-order valence-corrected chi connectivity index (χ1v) is 9.74. The monoisotopic (exact) mass is 358 g/mol. The Balaban J connectivity index is 1.86. The van der Waals surface area contributed by atoms with Crippen molar-refractivity contribution < 1.29 is 0 Å². The lowest BCUT2D eigenvalue weighted by molar-refractivity contribution is 0.140. The largest absolute Gasteiger partial charge is 0.279 e. The Kier molecular flexibility index (Phi) is 6.80. The number of allylic oxidation sites excluding steroid dienone is 3. The topological polar surface area (TPSA) is 6.48 Å². The summed E-state index contributed by atoms with van der Waals surface area (Å²) in [7, 11) is 0. The van der Waals surface area contributed by atoms with Crippen LogP contribution in [-0.2, 0) is 6.54 Å². The zero-order valence-electron chi connectivity index (χ0n) is 16.5. The van der Waals surface area contributed by atoms with Crippen molar-refractivity contribution in [3.05, 3.63) is 108 Å². The number of aryl methyl sites for hydroxylation is 1. The first-order valence-electron chi connectivity index (χ1n) is 9.74. The standard InChI is InChI=1S/C25H30N2/c1-4-6-10-22(5-2)19-26-17-18-27(20-23-11-8-7-9-12-23)25(26)24-15-13-21(3)14-16-24/h4-16,25H,2,17-20H2,1,3H3/b6-4-,22-10+. The minimum atomic E-state index is 0.291. The third-order valence-corrected chi connectivity index (χ3v) is 5.12. The van der Waals surface area contributed by atoms with Gasteiger partial charge in [0.2, 0.25) is 0 Å². The van der Waals surface area contributed by atoms with Crippen molar-refractivity contribution in [3.63, 3.8) is 0 Å². The highest BCUT2D eigenvalue weighted by Crippen LogP contribution is 2.32. The predicted octanol–water partition coefficient (Wildman–Crippen LogP) is 5.50. The van der Waals surface area contributed by atoms with Gasteiger partial charge in [0.05, 0.1) is 6.17 Å². The molecule has 2 heteroatoms. The maximum atomic E-state index is 4.01. The summed E-state index contributed by atoms with van der Waals surface area (Å²) < 4.78 is 0. The quantitative estimate of drug-likeness (QED) is 0.603. The summed E-state index contributed by atoms with van der Waals surface area (Å²) >= 11 is 0. The van der Waals surface area contributed by atoms with Crippen LogP contribution in [0.4, 0.5) is 0 Å². The molecule has 0 amide bonds. The molecule has 27 heavy (non-hydrogen) atoms.